The quantitative estimate of drug-likeness (QED) is 0.0664. The molecule has 362 valence electrons. The van der Waals surface area contributed by atoms with Crippen LogP contribution in [0.25, 0.3) is 0 Å². The first-order chi connectivity index (χ1) is 30.7. The molecule has 0 aromatic heterocycles. The molecule has 8 unspecified atom stereocenters. The average molecular weight is 899 g/mol. The van der Waals surface area contributed by atoms with Crippen LogP contribution in [0.5, 0.6) is 0 Å². The Morgan fingerprint density at radius 1 is 0.688 bits per heavy atom. The van der Waals surface area contributed by atoms with Crippen molar-refractivity contribution < 1.29 is 57.8 Å². The minimum Gasteiger partial charge on any atom is -0.459 e. The summed E-state index contributed by atoms with van der Waals surface area (Å²) in [4.78, 5) is 44.9. The molecule has 0 spiro atoms. The Morgan fingerprint density at radius 2 is 1.22 bits per heavy atom. The van der Waals surface area contributed by atoms with Gasteiger partial charge in [0, 0.05) is 61.6 Å². The third-order valence-corrected chi connectivity index (χ3v) is 18.6. The molecule has 17 atom stereocenters. The fraction of sp³-hybridized carbons (Fsp3) is 0.885. The highest BCUT2D eigenvalue weighted by Crippen LogP contribution is 2.65. The van der Waals surface area contributed by atoms with Crippen molar-refractivity contribution in [2.45, 2.75) is 212 Å². The number of esters is 2. The monoisotopic (exact) mass is 899 g/mol. The second-order valence-electron chi connectivity index (χ2n) is 22.1. The molecule has 64 heavy (non-hydrogen) atoms. The predicted octanol–water partition coefficient (Wildman–Crippen LogP) is 8.05. The molecule has 0 radical (unpaired) electrons. The molecule has 0 aromatic rings. The predicted molar refractivity (Wildman–Crippen MR) is 240 cm³/mol. The molecule has 5 saturated carbocycles. The number of aliphatic hydroxyl groups is 2. The first kappa shape index (κ1) is 49.7. The summed E-state index contributed by atoms with van der Waals surface area (Å²) in [5, 5.41) is 22.6. The Balaban J connectivity index is 0.000000191. The molecule has 0 bridgehead atoms. The van der Waals surface area contributed by atoms with Gasteiger partial charge >= 0.3 is 11.9 Å². The van der Waals surface area contributed by atoms with Crippen molar-refractivity contribution in [2.75, 3.05) is 26.4 Å². The van der Waals surface area contributed by atoms with Gasteiger partial charge in [-0.1, -0.05) is 53.2 Å². The summed E-state index contributed by atoms with van der Waals surface area (Å²) >= 11 is 0. The second kappa shape index (κ2) is 21.0. The average Bonchev–Trinajstić information content (AvgIpc) is 3.79. The van der Waals surface area contributed by atoms with E-state index in [0.29, 0.717) is 63.3 Å². The normalized spacial score (nSPS) is 44.2. The summed E-state index contributed by atoms with van der Waals surface area (Å²) in [5.74, 6) is 1.07. The number of unbranched alkanes of at least 4 members (excludes halogenated alkanes) is 4. The van der Waals surface area contributed by atoms with E-state index >= 15 is 0 Å². The van der Waals surface area contributed by atoms with E-state index in [2.05, 4.69) is 33.8 Å². The molecule has 8 rings (SSSR count). The van der Waals surface area contributed by atoms with Crippen molar-refractivity contribution in [3.8, 4) is 0 Å². The van der Waals surface area contributed by atoms with Crippen molar-refractivity contribution in [1.29, 1.82) is 0 Å². The van der Waals surface area contributed by atoms with Crippen molar-refractivity contribution in [3.63, 3.8) is 0 Å². The van der Waals surface area contributed by atoms with Crippen LogP contribution in [0.4, 0.5) is 0 Å². The maximum absolute atomic E-state index is 12.0. The summed E-state index contributed by atoms with van der Waals surface area (Å²) in [6, 6.07) is 0. The van der Waals surface area contributed by atoms with Crippen LogP contribution in [0, 0.1) is 51.2 Å². The van der Waals surface area contributed by atoms with E-state index in [1.54, 1.807) is 0 Å². The van der Waals surface area contributed by atoms with Gasteiger partial charge in [0.25, 0.3) is 0 Å². The molecule has 12 nitrogen and oxygen atoms in total. The van der Waals surface area contributed by atoms with E-state index in [1.807, 2.05) is 13.8 Å². The van der Waals surface area contributed by atoms with E-state index in [0.717, 1.165) is 115 Å². The smallest absolute Gasteiger partial charge is 0.305 e. The van der Waals surface area contributed by atoms with Gasteiger partial charge in [-0.3, -0.25) is 9.59 Å². The molecular formula is C52H82O12. The lowest BCUT2D eigenvalue weighted by Crippen LogP contribution is -2.61. The summed E-state index contributed by atoms with van der Waals surface area (Å²) in [7, 11) is 0. The van der Waals surface area contributed by atoms with Crippen molar-refractivity contribution >= 4 is 24.5 Å². The summed E-state index contributed by atoms with van der Waals surface area (Å²) in [6.45, 7) is 15.1. The molecule has 7 fully saturated rings. The SMILES string of the molecule is CCC(=O)OC1COC2C3C(CC[C@]12C)[C@@]1(C)CC[C@H](OCCCCC=O)CC1=C[C@@H]3O.CCC(=O)O[C@H]1COC2C3C(CC[C@@]21C)[C@@]1(C)CC[C@H](OCCCCC=O)CC1C[C@@H]3O. The van der Waals surface area contributed by atoms with Crippen LogP contribution in [-0.2, 0) is 47.6 Å². The Hall–Kier alpha value is -2.22. The zero-order chi connectivity index (χ0) is 45.9. The molecule has 0 amide bonds. The topological polar surface area (TPSA) is 164 Å². The Morgan fingerprint density at radius 3 is 1.80 bits per heavy atom. The third kappa shape index (κ3) is 9.72. The maximum Gasteiger partial charge on any atom is 0.305 e. The van der Waals surface area contributed by atoms with Gasteiger partial charge in [-0.2, -0.15) is 0 Å². The zero-order valence-electron chi connectivity index (χ0n) is 40.0. The molecule has 12 heteroatoms. The minimum absolute atomic E-state index is 0.0358. The van der Waals surface area contributed by atoms with E-state index in [4.69, 9.17) is 28.4 Å². The number of carbonyl (C=O) groups excluding carboxylic acids is 4. The number of hydrogen-bond acceptors (Lipinski definition) is 12. The molecular weight excluding hydrogens is 817 g/mol. The van der Waals surface area contributed by atoms with Gasteiger partial charge < -0.3 is 48.2 Å². The van der Waals surface area contributed by atoms with Gasteiger partial charge in [-0.15, -0.1) is 0 Å². The second-order valence-corrected chi connectivity index (χ2v) is 22.1. The highest BCUT2D eigenvalue weighted by Gasteiger charge is 2.65. The molecule has 8 aliphatic rings. The standard InChI is InChI=1S/C26H42O6.C26H40O6/c2*1-4-22(29)32-21-16-31-24-23-19(9-11-26(21,24)3)25(2)10-8-18(14-17(25)15-20(23)28)30-13-7-5-6-12-27/h12,17-21,23-24,28H,4-11,13-16H2,1-3H3;12,15,18-21,23-24,28H,4-11,13-14,16H2,1-3H3/t17?,18-,19?,20-,21-,23?,24?,25-,26+;18-,19?,20-,21?,23?,24?,25-,26+/m00/s1. The number of hydrogen-bond donors (Lipinski definition) is 2. The molecule has 2 heterocycles. The number of aliphatic hydroxyl groups excluding tert-OH is 2. The van der Waals surface area contributed by atoms with Gasteiger partial charge in [0.15, 0.2) is 0 Å². The lowest BCUT2D eigenvalue weighted by molar-refractivity contribution is -0.195. The van der Waals surface area contributed by atoms with Crippen molar-refractivity contribution in [2.24, 2.45) is 51.2 Å². The van der Waals surface area contributed by atoms with Gasteiger partial charge in [-0.05, 0) is 125 Å². The number of rotatable bonds is 16. The van der Waals surface area contributed by atoms with Crippen LogP contribution in [-0.4, -0.2) is 110 Å². The van der Waals surface area contributed by atoms with Gasteiger partial charge in [0.05, 0.1) is 49.8 Å². The van der Waals surface area contributed by atoms with E-state index in [1.165, 1.54) is 5.57 Å². The highest BCUT2D eigenvalue weighted by molar-refractivity contribution is 5.69. The molecule has 2 saturated heterocycles. The van der Waals surface area contributed by atoms with Crippen molar-refractivity contribution in [3.05, 3.63) is 11.6 Å². The molecule has 2 aliphatic heterocycles. The van der Waals surface area contributed by atoms with E-state index in [-0.39, 0.29) is 88.2 Å². The third-order valence-electron chi connectivity index (χ3n) is 18.6. The lowest BCUT2D eigenvalue weighted by Gasteiger charge is -2.61. The number of fused-ring (bicyclic) bond motifs is 10. The van der Waals surface area contributed by atoms with Crippen LogP contribution >= 0.6 is 0 Å². The largest absolute Gasteiger partial charge is 0.459 e. The first-order valence-corrected chi connectivity index (χ1v) is 25.5. The zero-order valence-corrected chi connectivity index (χ0v) is 40.0. The molecule has 6 aliphatic carbocycles. The van der Waals surface area contributed by atoms with Gasteiger partial charge in [0.1, 0.15) is 24.8 Å². The summed E-state index contributed by atoms with van der Waals surface area (Å²) in [6.07, 6.45) is 19.6. The van der Waals surface area contributed by atoms with Crippen LogP contribution < -0.4 is 0 Å². The number of aldehydes is 2. The number of carbonyl (C=O) groups is 4. The fourth-order valence-corrected chi connectivity index (χ4v) is 14.5. The van der Waals surface area contributed by atoms with Crippen LogP contribution in [0.3, 0.4) is 0 Å². The summed E-state index contributed by atoms with van der Waals surface area (Å²) in [5.41, 5.74) is 1.15. The lowest BCUT2D eigenvalue weighted by atomic mass is 9.45. The highest BCUT2D eigenvalue weighted by atomic mass is 16.6. The fourth-order valence-electron chi connectivity index (χ4n) is 14.5. The molecule has 2 N–H and O–H groups in total. The first-order valence-electron chi connectivity index (χ1n) is 25.5. The summed E-state index contributed by atoms with van der Waals surface area (Å²) < 4.78 is 36.4. The molecule has 0 aromatic carbocycles. The van der Waals surface area contributed by atoms with Crippen molar-refractivity contribution in [1.82, 2.24) is 0 Å². The Labute approximate surface area is 383 Å². The van der Waals surface area contributed by atoms with E-state index < -0.39 is 6.10 Å². The van der Waals surface area contributed by atoms with Gasteiger partial charge in [-0.25, -0.2) is 0 Å². The Bertz CT molecular complexity index is 1650. The van der Waals surface area contributed by atoms with Crippen LogP contribution in [0.15, 0.2) is 11.6 Å². The van der Waals surface area contributed by atoms with Gasteiger partial charge in [0.2, 0.25) is 0 Å². The number of ether oxygens (including phenoxy) is 6. The maximum atomic E-state index is 12.0. The van der Waals surface area contributed by atoms with E-state index in [9.17, 15) is 29.4 Å². The Kier molecular flexibility index (Phi) is 16.3. The minimum atomic E-state index is -0.542. The van der Waals surface area contributed by atoms with Crippen LogP contribution in [0.1, 0.15) is 164 Å². The van der Waals surface area contributed by atoms with Crippen LogP contribution in [0.2, 0.25) is 0 Å².